The molecule has 1 heterocycles. The second-order valence-corrected chi connectivity index (χ2v) is 3.89. The van der Waals surface area contributed by atoms with Crippen molar-refractivity contribution in [1.82, 2.24) is 9.55 Å². The second kappa shape index (κ2) is 3.95. The van der Waals surface area contributed by atoms with Crippen molar-refractivity contribution in [2.24, 2.45) is 0 Å². The van der Waals surface area contributed by atoms with Gasteiger partial charge in [0.25, 0.3) is 0 Å². The highest BCUT2D eigenvalue weighted by Crippen LogP contribution is 2.19. The summed E-state index contributed by atoms with van der Waals surface area (Å²) >= 11 is 0. The molecule has 1 aromatic heterocycles. The molecule has 0 saturated heterocycles. The average Bonchev–Trinajstić information content (AvgIpc) is 2.58. The van der Waals surface area contributed by atoms with E-state index in [2.05, 4.69) is 16.5 Å². The smallest absolute Gasteiger partial charge is 0.0951 e. The van der Waals surface area contributed by atoms with Crippen molar-refractivity contribution in [2.45, 2.75) is 52.0 Å². The maximum absolute atomic E-state index is 4.47. The standard InChI is InChI=1S/C11H18N2/c1-2-3-8-13-9-12-10-6-4-5-7-11(10)13/h9H,2-8H2,1H3. The van der Waals surface area contributed by atoms with Gasteiger partial charge in [-0.3, -0.25) is 0 Å². The van der Waals surface area contributed by atoms with Gasteiger partial charge in [0.15, 0.2) is 0 Å². The number of rotatable bonds is 3. The number of hydrogen-bond acceptors (Lipinski definition) is 1. The van der Waals surface area contributed by atoms with Gasteiger partial charge < -0.3 is 4.57 Å². The molecule has 2 heteroatoms. The number of unbranched alkanes of at least 4 members (excludes halogenated alkanes) is 1. The van der Waals surface area contributed by atoms with Crippen LogP contribution in [0.15, 0.2) is 6.33 Å². The molecule has 0 atom stereocenters. The summed E-state index contributed by atoms with van der Waals surface area (Å²) in [7, 11) is 0. The van der Waals surface area contributed by atoms with E-state index in [1.807, 2.05) is 6.33 Å². The van der Waals surface area contributed by atoms with Gasteiger partial charge in [0.2, 0.25) is 0 Å². The summed E-state index contributed by atoms with van der Waals surface area (Å²) < 4.78 is 2.36. The van der Waals surface area contributed by atoms with Crippen LogP contribution >= 0.6 is 0 Å². The van der Waals surface area contributed by atoms with E-state index in [9.17, 15) is 0 Å². The van der Waals surface area contributed by atoms with Crippen molar-refractivity contribution in [3.8, 4) is 0 Å². The quantitative estimate of drug-likeness (QED) is 0.695. The molecule has 0 amide bonds. The fourth-order valence-electron chi connectivity index (χ4n) is 2.05. The fourth-order valence-corrected chi connectivity index (χ4v) is 2.05. The Balaban J connectivity index is 2.12. The maximum Gasteiger partial charge on any atom is 0.0951 e. The lowest BCUT2D eigenvalue weighted by atomic mass is 10.0. The maximum atomic E-state index is 4.47. The van der Waals surface area contributed by atoms with Crippen LogP contribution in [0.4, 0.5) is 0 Å². The van der Waals surface area contributed by atoms with Crippen molar-refractivity contribution in [1.29, 1.82) is 0 Å². The lowest BCUT2D eigenvalue weighted by Gasteiger charge is -2.13. The number of fused-ring (bicyclic) bond motifs is 1. The van der Waals surface area contributed by atoms with Crippen LogP contribution < -0.4 is 0 Å². The Kier molecular flexibility index (Phi) is 2.67. The molecule has 1 aliphatic rings. The fraction of sp³-hybridized carbons (Fsp3) is 0.727. The average molecular weight is 178 g/mol. The zero-order chi connectivity index (χ0) is 9.10. The number of nitrogens with zero attached hydrogens (tertiary/aromatic N) is 2. The van der Waals surface area contributed by atoms with Crippen molar-refractivity contribution in [3.05, 3.63) is 17.7 Å². The summed E-state index contributed by atoms with van der Waals surface area (Å²) in [6, 6.07) is 0. The van der Waals surface area contributed by atoms with Crippen LogP contribution in [0.3, 0.4) is 0 Å². The number of aromatic nitrogens is 2. The van der Waals surface area contributed by atoms with E-state index < -0.39 is 0 Å². The summed E-state index contributed by atoms with van der Waals surface area (Å²) in [5.41, 5.74) is 2.88. The topological polar surface area (TPSA) is 17.8 Å². The van der Waals surface area contributed by atoms with Gasteiger partial charge in [-0.15, -0.1) is 0 Å². The van der Waals surface area contributed by atoms with E-state index in [0.29, 0.717) is 0 Å². The summed E-state index contributed by atoms with van der Waals surface area (Å²) in [4.78, 5) is 4.47. The van der Waals surface area contributed by atoms with Crippen LogP contribution in [0.25, 0.3) is 0 Å². The molecule has 0 unspecified atom stereocenters. The van der Waals surface area contributed by atoms with Gasteiger partial charge in [0.1, 0.15) is 0 Å². The highest BCUT2D eigenvalue weighted by molar-refractivity contribution is 5.16. The summed E-state index contributed by atoms with van der Waals surface area (Å²) in [5, 5.41) is 0. The van der Waals surface area contributed by atoms with Gasteiger partial charge in [-0.25, -0.2) is 4.98 Å². The highest BCUT2D eigenvalue weighted by Gasteiger charge is 2.14. The third kappa shape index (κ3) is 1.77. The Hall–Kier alpha value is -0.790. The minimum Gasteiger partial charge on any atom is -0.334 e. The van der Waals surface area contributed by atoms with Crippen LogP contribution in [0, 0.1) is 0 Å². The predicted octanol–water partition coefficient (Wildman–Crippen LogP) is 2.56. The van der Waals surface area contributed by atoms with Crippen molar-refractivity contribution >= 4 is 0 Å². The van der Waals surface area contributed by atoms with Crippen LogP contribution in [0.2, 0.25) is 0 Å². The summed E-state index contributed by atoms with van der Waals surface area (Å²) in [6.07, 6.45) is 9.72. The molecule has 0 radical (unpaired) electrons. The number of aryl methyl sites for hydroxylation is 2. The zero-order valence-electron chi connectivity index (χ0n) is 8.42. The zero-order valence-corrected chi connectivity index (χ0v) is 8.42. The Morgan fingerprint density at radius 2 is 2.23 bits per heavy atom. The minimum absolute atomic E-state index is 1.17. The lowest BCUT2D eigenvalue weighted by Crippen LogP contribution is -2.08. The number of hydrogen-bond donors (Lipinski definition) is 0. The van der Waals surface area contributed by atoms with E-state index >= 15 is 0 Å². The molecule has 13 heavy (non-hydrogen) atoms. The van der Waals surface area contributed by atoms with E-state index in [1.54, 1.807) is 0 Å². The van der Waals surface area contributed by atoms with E-state index in [0.717, 1.165) is 0 Å². The molecule has 1 aliphatic carbocycles. The minimum atomic E-state index is 1.17. The molecule has 2 rings (SSSR count). The lowest BCUT2D eigenvalue weighted by molar-refractivity contribution is 0.576. The normalized spacial score (nSPS) is 15.8. The SMILES string of the molecule is CCCCn1cnc2c1CCCC2. The molecule has 0 saturated carbocycles. The third-order valence-electron chi connectivity index (χ3n) is 2.86. The highest BCUT2D eigenvalue weighted by atomic mass is 15.1. The molecule has 0 spiro atoms. The molecule has 1 aromatic rings. The first-order valence-electron chi connectivity index (χ1n) is 5.44. The van der Waals surface area contributed by atoms with Crippen molar-refractivity contribution in [3.63, 3.8) is 0 Å². The Morgan fingerprint density at radius 3 is 3.08 bits per heavy atom. The molecule has 72 valence electrons. The van der Waals surface area contributed by atoms with E-state index in [1.165, 1.54) is 56.5 Å². The van der Waals surface area contributed by atoms with Gasteiger partial charge in [0.05, 0.1) is 12.0 Å². The molecular weight excluding hydrogens is 160 g/mol. The van der Waals surface area contributed by atoms with E-state index in [4.69, 9.17) is 0 Å². The molecular formula is C11H18N2. The first-order chi connectivity index (χ1) is 6.42. The molecule has 0 fully saturated rings. The molecule has 2 nitrogen and oxygen atoms in total. The van der Waals surface area contributed by atoms with Crippen LogP contribution in [0.5, 0.6) is 0 Å². The Morgan fingerprint density at radius 1 is 1.38 bits per heavy atom. The molecule has 0 N–H and O–H groups in total. The predicted molar refractivity (Wildman–Crippen MR) is 53.8 cm³/mol. The summed E-state index contributed by atoms with van der Waals surface area (Å²) in [5.74, 6) is 0. The molecule has 0 aromatic carbocycles. The first kappa shape index (κ1) is 8.79. The first-order valence-corrected chi connectivity index (χ1v) is 5.44. The van der Waals surface area contributed by atoms with Crippen molar-refractivity contribution in [2.75, 3.05) is 0 Å². The summed E-state index contributed by atoms with van der Waals surface area (Å²) in [6.45, 7) is 3.40. The van der Waals surface area contributed by atoms with Gasteiger partial charge >= 0.3 is 0 Å². The number of imidazole rings is 1. The third-order valence-corrected chi connectivity index (χ3v) is 2.86. The van der Waals surface area contributed by atoms with Crippen LogP contribution in [-0.2, 0) is 19.4 Å². The van der Waals surface area contributed by atoms with Crippen molar-refractivity contribution < 1.29 is 0 Å². The molecule has 0 aliphatic heterocycles. The van der Waals surface area contributed by atoms with E-state index in [-0.39, 0.29) is 0 Å². The van der Waals surface area contributed by atoms with Crippen LogP contribution in [0.1, 0.15) is 44.0 Å². The van der Waals surface area contributed by atoms with Gasteiger partial charge in [-0.2, -0.15) is 0 Å². The largest absolute Gasteiger partial charge is 0.334 e. The second-order valence-electron chi connectivity index (χ2n) is 3.89. The monoisotopic (exact) mass is 178 g/mol. The Labute approximate surface area is 80.0 Å². The molecule has 0 bridgehead atoms. The van der Waals surface area contributed by atoms with Gasteiger partial charge in [0, 0.05) is 12.2 Å². The van der Waals surface area contributed by atoms with Gasteiger partial charge in [-0.1, -0.05) is 13.3 Å². The van der Waals surface area contributed by atoms with Gasteiger partial charge in [-0.05, 0) is 32.1 Å². The van der Waals surface area contributed by atoms with Crippen LogP contribution in [-0.4, -0.2) is 9.55 Å². The Bertz CT molecular complexity index is 276.